The number of esters is 1. The van der Waals surface area contributed by atoms with Crippen molar-refractivity contribution in [3.8, 4) is 0 Å². The van der Waals surface area contributed by atoms with E-state index in [0.29, 0.717) is 16.5 Å². The van der Waals surface area contributed by atoms with Crippen LogP contribution in [0.3, 0.4) is 0 Å². The van der Waals surface area contributed by atoms with Crippen LogP contribution in [0, 0.1) is 5.92 Å². The van der Waals surface area contributed by atoms with Gasteiger partial charge < -0.3 is 10.5 Å². The van der Waals surface area contributed by atoms with Gasteiger partial charge in [0.1, 0.15) is 11.0 Å². The van der Waals surface area contributed by atoms with Crippen molar-refractivity contribution in [2.45, 2.75) is 38.7 Å². The number of ether oxygens (including phenoxy) is 1. The van der Waals surface area contributed by atoms with Gasteiger partial charge in [-0.15, -0.1) is 11.3 Å². The molecule has 0 amide bonds. The number of anilines is 1. The predicted octanol–water partition coefficient (Wildman–Crippen LogP) is 3.07. The summed E-state index contributed by atoms with van der Waals surface area (Å²) in [6, 6.07) is 1.74. The van der Waals surface area contributed by atoms with Crippen LogP contribution in [0.5, 0.6) is 0 Å². The maximum atomic E-state index is 11.8. The fraction of sp³-hybridized carbons (Fsp3) is 0.583. The van der Waals surface area contributed by atoms with Gasteiger partial charge in [-0.25, -0.2) is 4.79 Å². The molecule has 1 fully saturated rings. The van der Waals surface area contributed by atoms with Crippen molar-refractivity contribution in [3.05, 3.63) is 16.3 Å². The summed E-state index contributed by atoms with van der Waals surface area (Å²) in [6.45, 7) is 2.15. The van der Waals surface area contributed by atoms with Crippen LogP contribution in [-0.2, 0) is 4.74 Å². The molecule has 1 aliphatic carbocycles. The lowest BCUT2D eigenvalue weighted by Gasteiger charge is -2.28. The molecule has 0 spiro atoms. The number of carbonyl (C=O) groups excluding carboxylic acids is 1. The van der Waals surface area contributed by atoms with Crippen molar-refractivity contribution in [1.29, 1.82) is 0 Å². The summed E-state index contributed by atoms with van der Waals surface area (Å²) < 4.78 is 5.52. The number of hydrogen-bond acceptors (Lipinski definition) is 4. The fourth-order valence-corrected chi connectivity index (χ4v) is 2.83. The highest BCUT2D eigenvalue weighted by Gasteiger charge is 2.26. The molecule has 1 aliphatic rings. The summed E-state index contributed by atoms with van der Waals surface area (Å²) in [5.41, 5.74) is 6.22. The van der Waals surface area contributed by atoms with Crippen molar-refractivity contribution in [3.63, 3.8) is 0 Å². The van der Waals surface area contributed by atoms with E-state index in [-0.39, 0.29) is 12.1 Å². The minimum absolute atomic E-state index is 0.0720. The number of nitrogens with two attached hydrogens (primary N) is 1. The molecule has 0 aromatic carbocycles. The summed E-state index contributed by atoms with van der Waals surface area (Å²) >= 11 is 1.35. The molecule has 4 heteroatoms. The third-order valence-electron chi connectivity index (χ3n) is 3.17. The van der Waals surface area contributed by atoms with E-state index in [1.54, 1.807) is 6.07 Å². The van der Waals surface area contributed by atoms with Gasteiger partial charge in [-0.1, -0.05) is 13.3 Å². The van der Waals surface area contributed by atoms with E-state index in [1.165, 1.54) is 17.8 Å². The van der Waals surface area contributed by atoms with E-state index in [1.807, 2.05) is 5.38 Å². The highest BCUT2D eigenvalue weighted by atomic mass is 32.1. The van der Waals surface area contributed by atoms with Crippen LogP contribution >= 0.6 is 11.3 Å². The predicted molar refractivity (Wildman–Crippen MR) is 65.6 cm³/mol. The number of rotatable bonds is 2. The Morgan fingerprint density at radius 2 is 2.25 bits per heavy atom. The van der Waals surface area contributed by atoms with Gasteiger partial charge in [0.2, 0.25) is 0 Å². The summed E-state index contributed by atoms with van der Waals surface area (Å²) in [5.74, 6) is 0.213. The van der Waals surface area contributed by atoms with Crippen molar-refractivity contribution >= 4 is 23.0 Å². The molecular weight excluding hydrogens is 222 g/mol. The molecule has 3 nitrogen and oxygen atoms in total. The minimum atomic E-state index is -0.258. The Hall–Kier alpha value is -1.03. The molecule has 2 rings (SSSR count). The topological polar surface area (TPSA) is 52.3 Å². The lowest BCUT2D eigenvalue weighted by atomic mass is 9.88. The highest BCUT2D eigenvalue weighted by Crippen LogP contribution is 2.28. The summed E-state index contributed by atoms with van der Waals surface area (Å²) in [5, 5.41) is 1.82. The minimum Gasteiger partial charge on any atom is -0.458 e. The van der Waals surface area contributed by atoms with Gasteiger partial charge in [0.15, 0.2) is 0 Å². The largest absolute Gasteiger partial charge is 0.458 e. The van der Waals surface area contributed by atoms with Gasteiger partial charge in [-0.05, 0) is 36.6 Å². The van der Waals surface area contributed by atoms with E-state index < -0.39 is 0 Å². The average Bonchev–Trinajstić information content (AvgIpc) is 2.68. The molecule has 0 saturated heterocycles. The normalized spacial score (nSPS) is 25.3. The molecule has 0 aliphatic heterocycles. The third kappa shape index (κ3) is 2.38. The van der Waals surface area contributed by atoms with E-state index in [2.05, 4.69) is 6.92 Å². The van der Waals surface area contributed by atoms with Crippen LogP contribution in [0.15, 0.2) is 11.4 Å². The van der Waals surface area contributed by atoms with Crippen LogP contribution in [0.4, 0.5) is 5.69 Å². The van der Waals surface area contributed by atoms with Crippen LogP contribution in [0.25, 0.3) is 0 Å². The first kappa shape index (κ1) is 11.5. The van der Waals surface area contributed by atoms with Gasteiger partial charge in [0.25, 0.3) is 0 Å². The van der Waals surface area contributed by atoms with Crippen molar-refractivity contribution < 1.29 is 9.53 Å². The Kier molecular flexibility index (Phi) is 3.49. The van der Waals surface area contributed by atoms with Crippen molar-refractivity contribution in [1.82, 2.24) is 0 Å². The maximum absolute atomic E-state index is 11.8. The van der Waals surface area contributed by atoms with Gasteiger partial charge >= 0.3 is 5.97 Å². The molecule has 2 atom stereocenters. The Balaban J connectivity index is 1.99. The number of hydrogen-bond donors (Lipinski definition) is 1. The monoisotopic (exact) mass is 239 g/mol. The Labute approximate surface area is 99.6 Å². The van der Waals surface area contributed by atoms with Crippen molar-refractivity contribution in [2.75, 3.05) is 5.73 Å². The van der Waals surface area contributed by atoms with Crippen LogP contribution in [0.2, 0.25) is 0 Å². The molecular formula is C12H17NO2S. The smallest absolute Gasteiger partial charge is 0.350 e. The summed E-state index contributed by atoms with van der Waals surface area (Å²) in [4.78, 5) is 12.4. The molecule has 1 heterocycles. The Morgan fingerprint density at radius 3 is 2.88 bits per heavy atom. The highest BCUT2D eigenvalue weighted by molar-refractivity contribution is 7.12. The summed E-state index contributed by atoms with van der Waals surface area (Å²) in [6.07, 6.45) is 4.61. The van der Waals surface area contributed by atoms with E-state index in [9.17, 15) is 4.79 Å². The lowest BCUT2D eigenvalue weighted by molar-refractivity contribution is 0.00544. The number of carbonyl (C=O) groups is 1. The standard InChI is InChI=1S/C12H17NO2S/c1-8-4-2-3-5-10(8)15-12(14)11-9(13)6-7-16-11/h6-8,10H,2-5,13H2,1H3. The summed E-state index contributed by atoms with van der Waals surface area (Å²) in [7, 11) is 0. The van der Waals surface area contributed by atoms with Gasteiger partial charge in [0, 0.05) is 0 Å². The molecule has 0 bridgehead atoms. The lowest BCUT2D eigenvalue weighted by Crippen LogP contribution is -2.28. The second-order valence-corrected chi connectivity index (χ2v) is 5.33. The second-order valence-electron chi connectivity index (χ2n) is 4.41. The van der Waals surface area contributed by atoms with Crippen LogP contribution in [-0.4, -0.2) is 12.1 Å². The zero-order chi connectivity index (χ0) is 11.5. The Morgan fingerprint density at radius 1 is 1.50 bits per heavy atom. The molecule has 88 valence electrons. The number of nitrogen functional groups attached to an aromatic ring is 1. The first-order chi connectivity index (χ1) is 7.68. The first-order valence-electron chi connectivity index (χ1n) is 5.72. The van der Waals surface area contributed by atoms with Gasteiger partial charge in [-0.3, -0.25) is 0 Å². The molecule has 0 radical (unpaired) electrons. The molecule has 1 aromatic heterocycles. The second kappa shape index (κ2) is 4.87. The van der Waals surface area contributed by atoms with E-state index in [4.69, 9.17) is 10.5 Å². The quantitative estimate of drug-likeness (QED) is 0.807. The molecule has 1 saturated carbocycles. The van der Waals surface area contributed by atoms with E-state index >= 15 is 0 Å². The van der Waals surface area contributed by atoms with Crippen molar-refractivity contribution in [2.24, 2.45) is 5.92 Å². The molecule has 1 aromatic rings. The third-order valence-corrected chi connectivity index (χ3v) is 4.08. The molecule has 2 N–H and O–H groups in total. The Bertz CT molecular complexity index is 375. The SMILES string of the molecule is CC1CCCCC1OC(=O)c1sccc1N. The van der Waals surface area contributed by atoms with Gasteiger partial charge in [-0.2, -0.15) is 0 Å². The maximum Gasteiger partial charge on any atom is 0.350 e. The fourth-order valence-electron chi connectivity index (χ4n) is 2.13. The zero-order valence-electron chi connectivity index (χ0n) is 9.44. The zero-order valence-corrected chi connectivity index (χ0v) is 10.3. The number of thiophene rings is 1. The molecule has 16 heavy (non-hydrogen) atoms. The molecule has 2 unspecified atom stereocenters. The first-order valence-corrected chi connectivity index (χ1v) is 6.60. The van der Waals surface area contributed by atoms with E-state index in [0.717, 1.165) is 19.3 Å². The van der Waals surface area contributed by atoms with Crippen LogP contribution in [0.1, 0.15) is 42.3 Å². The van der Waals surface area contributed by atoms with Gasteiger partial charge in [0.05, 0.1) is 5.69 Å². The van der Waals surface area contributed by atoms with Crippen LogP contribution < -0.4 is 5.73 Å². The average molecular weight is 239 g/mol.